The summed E-state index contributed by atoms with van der Waals surface area (Å²) in [6.45, 7) is 1.26. The number of nitrogen functional groups attached to an aromatic ring is 1. The first-order chi connectivity index (χ1) is 13.1. The highest BCUT2D eigenvalue weighted by Gasteiger charge is 2.29. The monoisotopic (exact) mass is 383 g/mol. The largest absolute Gasteiger partial charge is 0.397 e. The van der Waals surface area contributed by atoms with Crippen molar-refractivity contribution in [3.63, 3.8) is 0 Å². The summed E-state index contributed by atoms with van der Waals surface area (Å²) >= 11 is 1.02. The first-order valence-corrected chi connectivity index (χ1v) is 9.47. The van der Waals surface area contributed by atoms with Crippen LogP contribution in [0.15, 0.2) is 42.7 Å². The van der Waals surface area contributed by atoms with E-state index >= 15 is 0 Å². The van der Waals surface area contributed by atoms with Gasteiger partial charge in [-0.1, -0.05) is 0 Å². The number of rotatable bonds is 4. The van der Waals surface area contributed by atoms with Crippen LogP contribution in [-0.2, 0) is 11.2 Å². The number of halogens is 1. The molecule has 8 heteroatoms. The summed E-state index contributed by atoms with van der Waals surface area (Å²) in [6, 6.07) is 8.32. The van der Waals surface area contributed by atoms with Crippen LogP contribution in [0.5, 0.6) is 0 Å². The Labute approximate surface area is 159 Å². The highest BCUT2D eigenvalue weighted by molar-refractivity contribution is 7.13. The summed E-state index contributed by atoms with van der Waals surface area (Å²) in [6.07, 6.45) is 4.40. The molecular weight excluding hydrogens is 365 g/mol. The van der Waals surface area contributed by atoms with E-state index in [0.717, 1.165) is 23.6 Å². The maximum absolute atomic E-state index is 13.3. The minimum Gasteiger partial charge on any atom is -0.397 e. The molecule has 1 aliphatic heterocycles. The number of nitrogens with two attached hydrogens (primary N) is 1. The van der Waals surface area contributed by atoms with Crippen molar-refractivity contribution in [3.8, 4) is 10.6 Å². The Kier molecular flexibility index (Phi) is 4.81. The summed E-state index contributed by atoms with van der Waals surface area (Å²) < 4.78 is 13.3. The SMILES string of the molecule is Nc1ccc(-c2ccc(F)s2)nc1CC(=O)N1CCC(c2ncccn2)C1. The van der Waals surface area contributed by atoms with Gasteiger partial charge >= 0.3 is 0 Å². The summed E-state index contributed by atoms with van der Waals surface area (Å²) in [5.41, 5.74) is 7.62. The van der Waals surface area contributed by atoms with Crippen LogP contribution < -0.4 is 5.73 Å². The van der Waals surface area contributed by atoms with E-state index in [9.17, 15) is 9.18 Å². The molecule has 0 radical (unpaired) electrons. The van der Waals surface area contributed by atoms with Gasteiger partial charge in [0.25, 0.3) is 0 Å². The van der Waals surface area contributed by atoms with Crippen LogP contribution in [0.1, 0.15) is 23.9 Å². The fourth-order valence-electron chi connectivity index (χ4n) is 3.22. The Morgan fingerprint density at radius 3 is 2.81 bits per heavy atom. The number of carbonyl (C=O) groups excluding carboxylic acids is 1. The summed E-state index contributed by atoms with van der Waals surface area (Å²) in [7, 11) is 0. The van der Waals surface area contributed by atoms with E-state index < -0.39 is 0 Å². The standard InChI is InChI=1S/C19H18FN5OS/c20-17-5-4-16(27-17)14-3-2-13(21)15(24-14)10-18(26)25-9-6-12(11-25)19-22-7-1-8-23-19/h1-5,7-8,12H,6,9-11,21H2. The van der Waals surface area contributed by atoms with Crippen LogP contribution in [0.2, 0.25) is 0 Å². The first-order valence-electron chi connectivity index (χ1n) is 8.66. The quantitative estimate of drug-likeness (QED) is 0.749. The molecule has 0 bridgehead atoms. The average molecular weight is 383 g/mol. The second-order valence-electron chi connectivity index (χ2n) is 6.45. The first kappa shape index (κ1) is 17.5. The van der Waals surface area contributed by atoms with Gasteiger partial charge in [0.1, 0.15) is 5.82 Å². The van der Waals surface area contributed by atoms with Gasteiger partial charge in [-0.3, -0.25) is 4.79 Å². The zero-order valence-electron chi connectivity index (χ0n) is 14.5. The average Bonchev–Trinajstić information content (AvgIpc) is 3.34. The Bertz CT molecular complexity index is 962. The molecule has 1 fully saturated rings. The van der Waals surface area contributed by atoms with Gasteiger partial charge in [0.15, 0.2) is 5.13 Å². The molecule has 0 aromatic carbocycles. The molecule has 2 N–H and O–H groups in total. The second kappa shape index (κ2) is 7.40. The van der Waals surface area contributed by atoms with E-state index in [0.29, 0.717) is 35.0 Å². The van der Waals surface area contributed by atoms with Crippen LogP contribution in [0, 0.1) is 5.13 Å². The molecular formula is C19H18FN5OS. The van der Waals surface area contributed by atoms with Crippen molar-refractivity contribution in [3.05, 3.63) is 59.4 Å². The molecule has 1 aliphatic rings. The third kappa shape index (κ3) is 3.80. The minimum atomic E-state index is -0.271. The van der Waals surface area contributed by atoms with E-state index in [-0.39, 0.29) is 23.4 Å². The summed E-state index contributed by atoms with van der Waals surface area (Å²) in [5.74, 6) is 0.898. The number of thiophene rings is 1. The molecule has 3 aromatic rings. The lowest BCUT2D eigenvalue weighted by atomic mass is 10.1. The molecule has 0 saturated carbocycles. The molecule has 27 heavy (non-hydrogen) atoms. The summed E-state index contributed by atoms with van der Waals surface area (Å²) in [5, 5.41) is -0.271. The van der Waals surface area contributed by atoms with Crippen LogP contribution in [0.3, 0.4) is 0 Å². The molecule has 4 rings (SSSR count). The number of anilines is 1. The number of carbonyl (C=O) groups is 1. The van der Waals surface area contributed by atoms with E-state index in [2.05, 4.69) is 15.0 Å². The Morgan fingerprint density at radius 2 is 2.07 bits per heavy atom. The normalized spacial score (nSPS) is 16.6. The van der Waals surface area contributed by atoms with Gasteiger partial charge in [0.2, 0.25) is 5.91 Å². The molecule has 1 atom stereocenters. The van der Waals surface area contributed by atoms with Gasteiger partial charge in [0, 0.05) is 31.4 Å². The lowest BCUT2D eigenvalue weighted by Crippen LogP contribution is -2.30. The molecule has 0 spiro atoms. The third-order valence-electron chi connectivity index (χ3n) is 4.65. The van der Waals surface area contributed by atoms with Crippen LogP contribution in [0.25, 0.3) is 10.6 Å². The molecule has 3 aromatic heterocycles. The van der Waals surface area contributed by atoms with Crippen molar-refractivity contribution in [2.24, 2.45) is 0 Å². The molecule has 4 heterocycles. The fourth-order valence-corrected chi connectivity index (χ4v) is 3.92. The van der Waals surface area contributed by atoms with Crippen LogP contribution in [-0.4, -0.2) is 38.8 Å². The number of aromatic nitrogens is 3. The minimum absolute atomic E-state index is 0.0258. The molecule has 6 nitrogen and oxygen atoms in total. The zero-order chi connectivity index (χ0) is 18.8. The highest BCUT2D eigenvalue weighted by atomic mass is 32.1. The highest BCUT2D eigenvalue weighted by Crippen LogP contribution is 2.28. The van der Waals surface area contributed by atoms with Crippen molar-refractivity contribution < 1.29 is 9.18 Å². The van der Waals surface area contributed by atoms with Gasteiger partial charge in [-0.15, -0.1) is 11.3 Å². The lowest BCUT2D eigenvalue weighted by Gasteiger charge is -2.17. The van der Waals surface area contributed by atoms with Gasteiger partial charge < -0.3 is 10.6 Å². The van der Waals surface area contributed by atoms with Crippen LogP contribution in [0.4, 0.5) is 10.1 Å². The van der Waals surface area contributed by atoms with E-state index in [1.54, 1.807) is 41.6 Å². The fraction of sp³-hybridized carbons (Fsp3) is 0.263. The predicted octanol–water partition coefficient (Wildman–Crippen LogP) is 2.88. The summed E-state index contributed by atoms with van der Waals surface area (Å²) in [4.78, 5) is 28.3. The van der Waals surface area contributed by atoms with Crippen molar-refractivity contribution in [2.45, 2.75) is 18.8 Å². The van der Waals surface area contributed by atoms with E-state index in [1.165, 1.54) is 6.07 Å². The van der Waals surface area contributed by atoms with Gasteiger partial charge in [-0.05, 0) is 36.8 Å². The second-order valence-corrected chi connectivity index (χ2v) is 7.48. The van der Waals surface area contributed by atoms with Crippen molar-refractivity contribution in [1.82, 2.24) is 19.9 Å². The Balaban J connectivity index is 1.47. The molecule has 138 valence electrons. The topological polar surface area (TPSA) is 85.0 Å². The van der Waals surface area contributed by atoms with E-state index in [1.807, 2.05) is 0 Å². The van der Waals surface area contributed by atoms with E-state index in [4.69, 9.17) is 5.73 Å². The number of likely N-dealkylation sites (tertiary alicyclic amines) is 1. The van der Waals surface area contributed by atoms with Crippen molar-refractivity contribution >= 4 is 22.9 Å². The number of nitrogens with zero attached hydrogens (tertiary/aromatic N) is 4. The third-order valence-corrected chi connectivity index (χ3v) is 5.54. The van der Waals surface area contributed by atoms with Gasteiger partial charge in [-0.25, -0.2) is 15.0 Å². The van der Waals surface area contributed by atoms with Crippen molar-refractivity contribution in [1.29, 1.82) is 0 Å². The number of hydrogen-bond acceptors (Lipinski definition) is 6. The van der Waals surface area contributed by atoms with Gasteiger partial charge in [0.05, 0.1) is 28.4 Å². The number of pyridine rings is 1. The zero-order valence-corrected chi connectivity index (χ0v) is 15.3. The molecule has 1 saturated heterocycles. The Morgan fingerprint density at radius 1 is 1.26 bits per heavy atom. The predicted molar refractivity (Wildman–Crippen MR) is 102 cm³/mol. The number of hydrogen-bond donors (Lipinski definition) is 1. The maximum Gasteiger partial charge on any atom is 0.228 e. The molecule has 0 aliphatic carbocycles. The van der Waals surface area contributed by atoms with Crippen LogP contribution >= 0.6 is 11.3 Å². The van der Waals surface area contributed by atoms with Crippen molar-refractivity contribution in [2.75, 3.05) is 18.8 Å². The molecule has 1 unspecified atom stereocenters. The maximum atomic E-state index is 13.3. The Hall–Kier alpha value is -2.87. The molecule has 1 amide bonds. The number of amides is 1. The van der Waals surface area contributed by atoms with Gasteiger partial charge in [-0.2, -0.15) is 4.39 Å². The smallest absolute Gasteiger partial charge is 0.228 e. The lowest BCUT2D eigenvalue weighted by molar-refractivity contribution is -0.129.